The van der Waals surface area contributed by atoms with Gasteiger partial charge in [-0.3, -0.25) is 0 Å². The predicted octanol–water partition coefficient (Wildman–Crippen LogP) is 1.95. The van der Waals surface area contributed by atoms with Crippen molar-refractivity contribution in [3.8, 4) is 5.75 Å². The van der Waals surface area contributed by atoms with Gasteiger partial charge < -0.3 is 15.8 Å². The van der Waals surface area contributed by atoms with Gasteiger partial charge in [-0.05, 0) is 50.9 Å². The number of benzene rings is 1. The summed E-state index contributed by atoms with van der Waals surface area (Å²) in [7, 11) is 1.72. The average Bonchev–Trinajstić information content (AvgIpc) is 2.33. The van der Waals surface area contributed by atoms with Gasteiger partial charge in [-0.15, -0.1) is 0 Å². The molecule has 1 unspecified atom stereocenters. The van der Waals surface area contributed by atoms with Gasteiger partial charge in [0.2, 0.25) is 0 Å². The Hall–Kier alpha value is -1.06. The molecule has 1 aromatic rings. The monoisotopic (exact) mass is 236 g/mol. The van der Waals surface area contributed by atoms with Crippen LogP contribution < -0.4 is 15.8 Å². The van der Waals surface area contributed by atoms with Crippen LogP contribution in [0.1, 0.15) is 25.3 Å². The highest BCUT2D eigenvalue weighted by Gasteiger charge is 2.00. The number of rotatable bonds is 8. The molecule has 1 aromatic carbocycles. The fourth-order valence-corrected chi connectivity index (χ4v) is 1.81. The van der Waals surface area contributed by atoms with Crippen molar-refractivity contribution in [3.63, 3.8) is 0 Å². The molecular formula is C14H24N2O. The SMILES string of the molecule is COc1ccccc1CCNCCCC(C)N. The first-order valence-corrected chi connectivity index (χ1v) is 6.32. The van der Waals surface area contributed by atoms with Gasteiger partial charge in [-0.2, -0.15) is 0 Å². The van der Waals surface area contributed by atoms with Gasteiger partial charge in [-0.1, -0.05) is 18.2 Å². The quantitative estimate of drug-likeness (QED) is 0.678. The van der Waals surface area contributed by atoms with E-state index in [-0.39, 0.29) is 0 Å². The number of nitrogens with two attached hydrogens (primary N) is 1. The van der Waals surface area contributed by atoms with Gasteiger partial charge in [0.15, 0.2) is 0 Å². The number of methoxy groups -OCH3 is 1. The van der Waals surface area contributed by atoms with E-state index < -0.39 is 0 Å². The minimum atomic E-state index is 0.311. The van der Waals surface area contributed by atoms with E-state index in [0.717, 1.165) is 38.1 Å². The fourth-order valence-electron chi connectivity index (χ4n) is 1.81. The summed E-state index contributed by atoms with van der Waals surface area (Å²) in [6.07, 6.45) is 3.23. The summed E-state index contributed by atoms with van der Waals surface area (Å²) in [5.74, 6) is 0.977. The molecule has 0 aliphatic carbocycles. The summed E-state index contributed by atoms with van der Waals surface area (Å²) in [6, 6.07) is 8.48. The lowest BCUT2D eigenvalue weighted by Gasteiger charge is -2.09. The van der Waals surface area contributed by atoms with Gasteiger partial charge in [0, 0.05) is 6.04 Å². The molecule has 3 nitrogen and oxygen atoms in total. The predicted molar refractivity (Wildman–Crippen MR) is 72.5 cm³/mol. The van der Waals surface area contributed by atoms with Gasteiger partial charge in [0.1, 0.15) is 5.75 Å². The molecule has 3 N–H and O–H groups in total. The molecule has 3 heteroatoms. The molecule has 0 saturated heterocycles. The van der Waals surface area contributed by atoms with E-state index >= 15 is 0 Å². The molecule has 0 radical (unpaired) electrons. The minimum Gasteiger partial charge on any atom is -0.496 e. The van der Waals surface area contributed by atoms with E-state index in [1.165, 1.54) is 5.56 Å². The van der Waals surface area contributed by atoms with Crippen molar-refractivity contribution >= 4 is 0 Å². The summed E-state index contributed by atoms with van der Waals surface area (Å²) in [5, 5.41) is 3.43. The zero-order valence-corrected chi connectivity index (χ0v) is 10.9. The van der Waals surface area contributed by atoms with Crippen molar-refractivity contribution in [3.05, 3.63) is 29.8 Å². The molecule has 17 heavy (non-hydrogen) atoms. The molecule has 0 aliphatic rings. The number of nitrogens with one attached hydrogen (secondary N) is 1. The molecule has 0 amide bonds. The Balaban J connectivity index is 2.17. The number of hydrogen-bond acceptors (Lipinski definition) is 3. The Bertz CT molecular complexity index is 313. The maximum atomic E-state index is 5.69. The molecular weight excluding hydrogens is 212 g/mol. The second kappa shape index (κ2) is 8.09. The van der Waals surface area contributed by atoms with Crippen LogP contribution in [-0.2, 0) is 6.42 Å². The van der Waals surface area contributed by atoms with Gasteiger partial charge in [-0.25, -0.2) is 0 Å². The van der Waals surface area contributed by atoms with Crippen LogP contribution in [0, 0.1) is 0 Å². The average molecular weight is 236 g/mol. The van der Waals surface area contributed by atoms with Crippen molar-refractivity contribution in [1.29, 1.82) is 0 Å². The standard InChI is InChI=1S/C14H24N2O/c1-12(15)6-5-10-16-11-9-13-7-3-4-8-14(13)17-2/h3-4,7-8,12,16H,5-6,9-11,15H2,1-2H3. The van der Waals surface area contributed by atoms with Gasteiger partial charge in [0.05, 0.1) is 7.11 Å². The summed E-state index contributed by atoms with van der Waals surface area (Å²) in [6.45, 7) is 4.07. The van der Waals surface area contributed by atoms with Crippen LogP contribution in [0.2, 0.25) is 0 Å². The smallest absolute Gasteiger partial charge is 0.122 e. The van der Waals surface area contributed by atoms with Crippen molar-refractivity contribution in [2.24, 2.45) is 5.73 Å². The normalized spacial score (nSPS) is 12.4. The van der Waals surface area contributed by atoms with E-state index in [9.17, 15) is 0 Å². The Labute approximate surface area is 104 Å². The summed E-state index contributed by atoms with van der Waals surface area (Å²) >= 11 is 0. The molecule has 1 rings (SSSR count). The van der Waals surface area contributed by atoms with Gasteiger partial charge >= 0.3 is 0 Å². The van der Waals surface area contributed by atoms with Crippen LogP contribution in [0.4, 0.5) is 0 Å². The zero-order valence-electron chi connectivity index (χ0n) is 10.9. The van der Waals surface area contributed by atoms with Crippen LogP contribution in [-0.4, -0.2) is 26.2 Å². The first-order chi connectivity index (χ1) is 8.24. The highest BCUT2D eigenvalue weighted by molar-refractivity contribution is 5.33. The lowest BCUT2D eigenvalue weighted by Crippen LogP contribution is -2.22. The molecule has 0 aromatic heterocycles. The van der Waals surface area contributed by atoms with Crippen molar-refractivity contribution in [2.45, 2.75) is 32.2 Å². The molecule has 0 fully saturated rings. The first-order valence-electron chi connectivity index (χ1n) is 6.32. The second-order valence-electron chi connectivity index (χ2n) is 4.43. The highest BCUT2D eigenvalue weighted by Crippen LogP contribution is 2.17. The molecule has 0 heterocycles. The first kappa shape index (κ1) is 14.0. The van der Waals surface area contributed by atoms with Crippen molar-refractivity contribution in [1.82, 2.24) is 5.32 Å². The van der Waals surface area contributed by atoms with Gasteiger partial charge in [0.25, 0.3) is 0 Å². The largest absolute Gasteiger partial charge is 0.496 e. The van der Waals surface area contributed by atoms with Crippen LogP contribution in [0.15, 0.2) is 24.3 Å². The Kier molecular flexibility index (Phi) is 6.67. The summed E-state index contributed by atoms with van der Waals surface area (Å²) < 4.78 is 5.31. The highest BCUT2D eigenvalue weighted by atomic mass is 16.5. The Morgan fingerprint density at radius 2 is 2.06 bits per heavy atom. The second-order valence-corrected chi connectivity index (χ2v) is 4.43. The summed E-state index contributed by atoms with van der Waals surface area (Å²) in [4.78, 5) is 0. The lowest BCUT2D eigenvalue weighted by atomic mass is 10.1. The summed E-state index contributed by atoms with van der Waals surface area (Å²) in [5.41, 5.74) is 6.95. The third-order valence-electron chi connectivity index (χ3n) is 2.78. The van der Waals surface area contributed by atoms with Crippen LogP contribution >= 0.6 is 0 Å². The van der Waals surface area contributed by atoms with Crippen LogP contribution in [0.5, 0.6) is 5.75 Å². The lowest BCUT2D eigenvalue weighted by molar-refractivity contribution is 0.409. The van der Waals surface area contributed by atoms with Crippen molar-refractivity contribution < 1.29 is 4.74 Å². The van der Waals surface area contributed by atoms with E-state index in [1.54, 1.807) is 7.11 Å². The minimum absolute atomic E-state index is 0.311. The van der Waals surface area contributed by atoms with Crippen LogP contribution in [0.3, 0.4) is 0 Å². The van der Waals surface area contributed by atoms with E-state index in [4.69, 9.17) is 10.5 Å². The van der Waals surface area contributed by atoms with Crippen molar-refractivity contribution in [2.75, 3.05) is 20.2 Å². The molecule has 0 spiro atoms. The van der Waals surface area contributed by atoms with E-state index in [0.29, 0.717) is 6.04 Å². The third-order valence-corrected chi connectivity index (χ3v) is 2.78. The van der Waals surface area contributed by atoms with E-state index in [1.807, 2.05) is 18.2 Å². The zero-order chi connectivity index (χ0) is 12.5. The number of para-hydroxylation sites is 1. The fraction of sp³-hybridized carbons (Fsp3) is 0.571. The maximum Gasteiger partial charge on any atom is 0.122 e. The number of ether oxygens (including phenoxy) is 1. The van der Waals surface area contributed by atoms with Crippen LogP contribution in [0.25, 0.3) is 0 Å². The Morgan fingerprint density at radius 3 is 2.76 bits per heavy atom. The topological polar surface area (TPSA) is 47.3 Å². The number of hydrogen-bond donors (Lipinski definition) is 2. The Morgan fingerprint density at radius 1 is 1.29 bits per heavy atom. The van der Waals surface area contributed by atoms with E-state index in [2.05, 4.69) is 18.3 Å². The molecule has 0 aliphatic heterocycles. The molecule has 0 saturated carbocycles. The third kappa shape index (κ3) is 5.71. The maximum absolute atomic E-state index is 5.69. The molecule has 0 bridgehead atoms. The molecule has 96 valence electrons. The molecule has 1 atom stereocenters.